The Morgan fingerprint density at radius 3 is 2.30 bits per heavy atom. The van der Waals surface area contributed by atoms with Crippen LogP contribution >= 0.6 is 0 Å². The summed E-state index contributed by atoms with van der Waals surface area (Å²) in [6, 6.07) is 8.71. The molecule has 2 saturated heterocycles. The maximum atomic E-state index is 13.9. The molecule has 3 aliphatic rings. The molecule has 2 fully saturated rings. The van der Waals surface area contributed by atoms with Gasteiger partial charge in [-0.3, -0.25) is 19.8 Å². The molecule has 3 atom stereocenters. The fourth-order valence-electron chi connectivity index (χ4n) is 6.07. The third-order valence-corrected chi connectivity index (χ3v) is 8.14. The molecule has 7 N–H and O–H groups in total. The number of carboxylic acids is 1. The van der Waals surface area contributed by atoms with Crippen molar-refractivity contribution in [3.05, 3.63) is 59.2 Å². The summed E-state index contributed by atoms with van der Waals surface area (Å²) in [4.78, 5) is 57.3. The molecule has 0 radical (unpaired) electrons. The van der Waals surface area contributed by atoms with Crippen LogP contribution in [0.25, 0.3) is 0 Å². The number of nitrogens with one attached hydrogen (secondary N) is 4. The average molecular weight is 594 g/mol. The second-order valence-corrected chi connectivity index (χ2v) is 10.5. The fraction of sp³-hybridized carbons (Fsp3) is 0.414. The summed E-state index contributed by atoms with van der Waals surface area (Å²) < 4.78 is 11.1. The van der Waals surface area contributed by atoms with Crippen LogP contribution in [0.1, 0.15) is 34.8 Å². The summed E-state index contributed by atoms with van der Waals surface area (Å²) in [6.07, 6.45) is 0.235. The van der Waals surface area contributed by atoms with Crippen molar-refractivity contribution in [1.29, 1.82) is 5.41 Å². The molecule has 3 aliphatic heterocycles. The second-order valence-electron chi connectivity index (χ2n) is 10.5. The first-order valence-electron chi connectivity index (χ1n) is 14.1. The van der Waals surface area contributed by atoms with Crippen LogP contribution in [0, 0.1) is 5.41 Å². The molecule has 0 aromatic heterocycles. The molecule has 0 spiro atoms. The zero-order valence-electron chi connectivity index (χ0n) is 23.7. The Morgan fingerprint density at radius 2 is 1.67 bits per heavy atom. The Labute approximate surface area is 248 Å². The second kappa shape index (κ2) is 12.3. The number of nitrogen functional groups attached to an aromatic ring is 1. The number of amidine groups is 1. The van der Waals surface area contributed by atoms with Crippen molar-refractivity contribution in [1.82, 2.24) is 25.8 Å². The van der Waals surface area contributed by atoms with Crippen LogP contribution < -0.4 is 31.2 Å². The molecule has 0 bridgehead atoms. The summed E-state index contributed by atoms with van der Waals surface area (Å²) in [7, 11) is 0. The van der Waals surface area contributed by atoms with Crippen molar-refractivity contribution >= 4 is 29.5 Å². The third kappa shape index (κ3) is 5.46. The summed E-state index contributed by atoms with van der Waals surface area (Å²) in [6.45, 7) is 2.56. The topological polar surface area (TPSA) is 199 Å². The van der Waals surface area contributed by atoms with E-state index in [9.17, 15) is 24.3 Å². The van der Waals surface area contributed by atoms with E-state index in [0.29, 0.717) is 30.2 Å². The number of ether oxygens (including phenoxy) is 2. The van der Waals surface area contributed by atoms with Gasteiger partial charge in [0.15, 0.2) is 17.0 Å². The van der Waals surface area contributed by atoms with Gasteiger partial charge in [-0.05, 0) is 36.2 Å². The van der Waals surface area contributed by atoms with E-state index in [1.54, 1.807) is 37.3 Å². The predicted molar refractivity (Wildman–Crippen MR) is 154 cm³/mol. The van der Waals surface area contributed by atoms with Crippen LogP contribution in [0.3, 0.4) is 0 Å². The zero-order chi connectivity index (χ0) is 30.7. The van der Waals surface area contributed by atoms with Gasteiger partial charge in [-0.25, -0.2) is 4.79 Å². The number of benzene rings is 2. The highest BCUT2D eigenvalue weighted by molar-refractivity contribution is 5.98. The van der Waals surface area contributed by atoms with E-state index in [1.165, 1.54) is 21.9 Å². The monoisotopic (exact) mass is 593 g/mol. The fourth-order valence-corrected chi connectivity index (χ4v) is 6.07. The maximum absolute atomic E-state index is 13.9. The van der Waals surface area contributed by atoms with Gasteiger partial charge < -0.3 is 46.1 Å². The number of amides is 3. The molecule has 0 saturated carbocycles. The minimum atomic E-state index is -2.11. The normalized spacial score (nSPS) is 19.4. The Balaban J connectivity index is 1.68. The molecule has 5 rings (SSSR count). The summed E-state index contributed by atoms with van der Waals surface area (Å²) in [5.41, 5.74) is 4.36. The first-order valence-corrected chi connectivity index (χ1v) is 14.1. The number of hydrogen-bond acceptors (Lipinski definition) is 9. The van der Waals surface area contributed by atoms with Crippen LogP contribution in [0.5, 0.6) is 11.5 Å². The highest BCUT2D eigenvalue weighted by Crippen LogP contribution is 2.43. The molecule has 3 amide bonds. The number of aliphatic carboxylic acids is 1. The number of rotatable bonds is 10. The van der Waals surface area contributed by atoms with Crippen LogP contribution in [0.4, 0.5) is 0 Å². The molecule has 14 nitrogen and oxygen atoms in total. The van der Waals surface area contributed by atoms with Gasteiger partial charge in [-0.1, -0.05) is 25.1 Å². The summed E-state index contributed by atoms with van der Waals surface area (Å²) in [5.74, 6) is -2.07. The van der Waals surface area contributed by atoms with Gasteiger partial charge in [-0.15, -0.1) is 0 Å². The van der Waals surface area contributed by atoms with E-state index < -0.39 is 35.4 Å². The third-order valence-electron chi connectivity index (χ3n) is 8.14. The van der Waals surface area contributed by atoms with Crippen molar-refractivity contribution in [2.45, 2.75) is 31.0 Å². The van der Waals surface area contributed by atoms with Crippen molar-refractivity contribution in [3.8, 4) is 11.5 Å². The Hall–Kier alpha value is -4.69. The standard InChI is InChI=1S/C29H35N7O7/c1-2-20(34-27(39)18-5-3-17(4-6-18)26(30)31)25(35-11-9-32-14-23(35)37)29(28(40)41,36-12-10-33-15-24(36)38)19-7-8-21-22(13-19)43-16-42-21/h3-8,13,20,25,32-33H,2,9-12,14-16H2,1H3,(H3,30,31)(H,34,39)(H,40,41). The first-order chi connectivity index (χ1) is 20.7. The molecule has 14 heteroatoms. The van der Waals surface area contributed by atoms with E-state index >= 15 is 0 Å². The molecular weight excluding hydrogens is 558 g/mol. The Kier molecular flexibility index (Phi) is 8.50. The van der Waals surface area contributed by atoms with Crippen molar-refractivity contribution in [2.75, 3.05) is 46.1 Å². The molecule has 0 aliphatic carbocycles. The summed E-state index contributed by atoms with van der Waals surface area (Å²) >= 11 is 0. The van der Waals surface area contributed by atoms with E-state index in [4.69, 9.17) is 20.6 Å². The lowest BCUT2D eigenvalue weighted by Gasteiger charge is -2.53. The number of carbonyl (C=O) groups is 4. The van der Waals surface area contributed by atoms with Gasteiger partial charge in [0.2, 0.25) is 18.6 Å². The van der Waals surface area contributed by atoms with Gasteiger partial charge in [-0.2, -0.15) is 0 Å². The van der Waals surface area contributed by atoms with Gasteiger partial charge in [0.05, 0.1) is 25.2 Å². The van der Waals surface area contributed by atoms with Gasteiger partial charge in [0, 0.05) is 37.3 Å². The predicted octanol–water partition coefficient (Wildman–Crippen LogP) is -0.580. The molecule has 3 unspecified atom stereocenters. The number of hydrogen-bond donors (Lipinski definition) is 6. The molecule has 228 valence electrons. The lowest BCUT2D eigenvalue weighted by molar-refractivity contribution is -0.172. The van der Waals surface area contributed by atoms with E-state index in [1.807, 2.05) is 0 Å². The highest BCUT2D eigenvalue weighted by Gasteiger charge is 2.60. The van der Waals surface area contributed by atoms with Crippen molar-refractivity contribution in [2.24, 2.45) is 5.73 Å². The SMILES string of the molecule is CCC(NC(=O)c1ccc(C(=N)N)cc1)C(N1CCNCC1=O)C(C(=O)O)(c1ccc2c(c1)OCO2)N1CCNCC1=O. The highest BCUT2D eigenvalue weighted by atomic mass is 16.7. The average Bonchev–Trinajstić information content (AvgIpc) is 3.48. The van der Waals surface area contributed by atoms with Gasteiger partial charge >= 0.3 is 5.97 Å². The summed E-state index contributed by atoms with van der Waals surface area (Å²) in [5, 5.41) is 27.9. The Bertz CT molecular complexity index is 1430. The van der Waals surface area contributed by atoms with Crippen LogP contribution in [-0.2, 0) is 19.9 Å². The molecular formula is C29H35N7O7. The van der Waals surface area contributed by atoms with Crippen molar-refractivity contribution in [3.63, 3.8) is 0 Å². The van der Waals surface area contributed by atoms with E-state index in [0.717, 1.165) is 0 Å². The molecule has 2 aromatic carbocycles. The first kappa shape index (κ1) is 29.8. The molecule has 43 heavy (non-hydrogen) atoms. The van der Waals surface area contributed by atoms with E-state index in [-0.39, 0.29) is 62.3 Å². The minimum Gasteiger partial charge on any atom is -0.479 e. The van der Waals surface area contributed by atoms with Gasteiger partial charge in [0.1, 0.15) is 5.84 Å². The number of carboxylic acid groups (broad SMARTS) is 1. The smallest absolute Gasteiger partial charge is 0.336 e. The molecule has 3 heterocycles. The molecule has 2 aromatic rings. The quantitative estimate of drug-likeness (QED) is 0.153. The van der Waals surface area contributed by atoms with Crippen LogP contribution in [-0.4, -0.2) is 103 Å². The van der Waals surface area contributed by atoms with Crippen LogP contribution in [0.2, 0.25) is 0 Å². The van der Waals surface area contributed by atoms with Crippen molar-refractivity contribution < 1.29 is 33.8 Å². The number of nitrogens with two attached hydrogens (primary N) is 1. The Morgan fingerprint density at radius 1 is 1.02 bits per heavy atom. The minimum absolute atomic E-state index is 0.0280. The zero-order valence-corrected chi connectivity index (χ0v) is 23.7. The number of carbonyl (C=O) groups excluding carboxylic acids is 3. The number of piperazine rings is 2. The largest absolute Gasteiger partial charge is 0.479 e. The van der Waals surface area contributed by atoms with E-state index in [2.05, 4.69) is 16.0 Å². The van der Waals surface area contributed by atoms with Crippen LogP contribution in [0.15, 0.2) is 42.5 Å². The number of nitrogens with zero attached hydrogens (tertiary/aromatic N) is 2. The maximum Gasteiger partial charge on any atom is 0.336 e. The van der Waals surface area contributed by atoms with Gasteiger partial charge in [0.25, 0.3) is 5.91 Å². The number of fused-ring (bicyclic) bond motifs is 1. The lowest BCUT2D eigenvalue weighted by atomic mass is 9.74. The lowest BCUT2D eigenvalue weighted by Crippen LogP contribution is -2.74.